The van der Waals surface area contributed by atoms with Crippen molar-refractivity contribution >= 4 is 40.7 Å². The Kier molecular flexibility index (Phi) is 5.30. The molecule has 1 aliphatic rings. The fraction of sp³-hybridized carbons (Fsp3) is 0.263. The Hall–Kier alpha value is -2.04. The van der Waals surface area contributed by atoms with Crippen molar-refractivity contribution in [3.8, 4) is 0 Å². The van der Waals surface area contributed by atoms with Gasteiger partial charge in [0.2, 0.25) is 11.8 Å². The number of nitrogens with zero attached hydrogens (tertiary/aromatic N) is 1. The molecule has 1 aliphatic carbocycles. The first-order valence-corrected chi connectivity index (χ1v) is 8.75. The minimum absolute atomic E-state index is 0.00636. The summed E-state index contributed by atoms with van der Waals surface area (Å²) in [5, 5.41) is 3.69. The third-order valence-corrected chi connectivity index (χ3v) is 4.65. The molecule has 1 fully saturated rings. The van der Waals surface area contributed by atoms with Crippen LogP contribution in [-0.2, 0) is 16.1 Å². The Morgan fingerprint density at radius 3 is 2.36 bits per heavy atom. The van der Waals surface area contributed by atoms with E-state index in [1.807, 2.05) is 30.3 Å². The number of rotatable bonds is 5. The van der Waals surface area contributed by atoms with Gasteiger partial charge < -0.3 is 10.2 Å². The van der Waals surface area contributed by atoms with E-state index in [1.165, 1.54) is 0 Å². The molecular weight excluding hydrogens is 359 g/mol. The SMILES string of the molecule is CN(Cc1ccccc1)C(=O)C1CC1C(=O)Nc1cc(Cl)cc(Cl)c1. The maximum absolute atomic E-state index is 12.5. The Labute approximate surface area is 156 Å². The van der Waals surface area contributed by atoms with Crippen LogP contribution in [-0.4, -0.2) is 23.8 Å². The van der Waals surface area contributed by atoms with Crippen LogP contribution in [0.2, 0.25) is 10.0 Å². The highest BCUT2D eigenvalue weighted by Crippen LogP contribution is 2.41. The highest BCUT2D eigenvalue weighted by Gasteiger charge is 2.49. The van der Waals surface area contributed by atoms with Gasteiger partial charge in [0.25, 0.3) is 0 Å². The molecule has 2 aromatic rings. The van der Waals surface area contributed by atoms with Crippen molar-refractivity contribution in [2.45, 2.75) is 13.0 Å². The van der Waals surface area contributed by atoms with E-state index in [2.05, 4.69) is 5.32 Å². The van der Waals surface area contributed by atoms with Crippen LogP contribution in [0.3, 0.4) is 0 Å². The number of carbonyl (C=O) groups is 2. The predicted octanol–water partition coefficient (Wildman–Crippen LogP) is 4.23. The second-order valence-corrected chi connectivity index (χ2v) is 7.15. The molecule has 1 saturated carbocycles. The zero-order valence-corrected chi connectivity index (χ0v) is 15.2. The molecule has 2 atom stereocenters. The van der Waals surface area contributed by atoms with Gasteiger partial charge in [-0.25, -0.2) is 0 Å². The van der Waals surface area contributed by atoms with Gasteiger partial charge in [0, 0.05) is 29.3 Å². The zero-order chi connectivity index (χ0) is 18.0. The standard InChI is InChI=1S/C19H18Cl2N2O2/c1-23(11-12-5-3-2-4-6-12)19(25)17-10-16(17)18(24)22-15-8-13(20)7-14(21)9-15/h2-9,16-17H,10-11H2,1H3,(H,22,24). The Morgan fingerprint density at radius 2 is 1.72 bits per heavy atom. The van der Waals surface area contributed by atoms with E-state index in [1.54, 1.807) is 30.1 Å². The molecule has 2 aromatic carbocycles. The predicted molar refractivity (Wildman–Crippen MR) is 99.6 cm³/mol. The molecule has 0 aromatic heterocycles. The van der Waals surface area contributed by atoms with Crippen LogP contribution in [0.25, 0.3) is 0 Å². The van der Waals surface area contributed by atoms with Crippen LogP contribution in [0.5, 0.6) is 0 Å². The summed E-state index contributed by atoms with van der Waals surface area (Å²) in [5.41, 5.74) is 1.60. The molecule has 2 unspecified atom stereocenters. The van der Waals surface area contributed by atoms with Crippen molar-refractivity contribution in [2.24, 2.45) is 11.8 Å². The van der Waals surface area contributed by atoms with Crippen LogP contribution < -0.4 is 5.32 Å². The van der Waals surface area contributed by atoms with E-state index < -0.39 is 0 Å². The van der Waals surface area contributed by atoms with Gasteiger partial charge in [-0.2, -0.15) is 0 Å². The molecule has 0 spiro atoms. The lowest BCUT2D eigenvalue weighted by atomic mass is 10.2. The van der Waals surface area contributed by atoms with E-state index >= 15 is 0 Å². The summed E-state index contributed by atoms with van der Waals surface area (Å²) in [5.74, 6) is -0.746. The van der Waals surface area contributed by atoms with Crippen molar-refractivity contribution < 1.29 is 9.59 Å². The Morgan fingerprint density at radius 1 is 1.08 bits per heavy atom. The van der Waals surface area contributed by atoms with Gasteiger partial charge in [0.15, 0.2) is 0 Å². The molecule has 6 heteroatoms. The summed E-state index contributed by atoms with van der Waals surface area (Å²) in [4.78, 5) is 26.5. The monoisotopic (exact) mass is 376 g/mol. The van der Waals surface area contributed by atoms with Crippen molar-refractivity contribution in [1.29, 1.82) is 0 Å². The van der Waals surface area contributed by atoms with Gasteiger partial charge in [-0.1, -0.05) is 53.5 Å². The van der Waals surface area contributed by atoms with Crippen molar-refractivity contribution in [3.63, 3.8) is 0 Å². The number of hydrogen-bond donors (Lipinski definition) is 1. The van der Waals surface area contributed by atoms with Crippen molar-refractivity contribution in [1.82, 2.24) is 4.90 Å². The number of hydrogen-bond acceptors (Lipinski definition) is 2. The summed E-state index contributed by atoms with van der Waals surface area (Å²) in [6.07, 6.45) is 0.568. The summed E-state index contributed by atoms with van der Waals surface area (Å²) in [6, 6.07) is 14.6. The average molecular weight is 377 g/mol. The van der Waals surface area contributed by atoms with E-state index in [0.29, 0.717) is 28.7 Å². The largest absolute Gasteiger partial charge is 0.341 e. The van der Waals surface area contributed by atoms with Gasteiger partial charge in [0.05, 0.1) is 11.8 Å². The maximum Gasteiger partial charge on any atom is 0.228 e. The van der Waals surface area contributed by atoms with Crippen LogP contribution in [0, 0.1) is 11.8 Å². The van der Waals surface area contributed by atoms with Crippen LogP contribution in [0.4, 0.5) is 5.69 Å². The first kappa shape index (κ1) is 17.8. The number of carbonyl (C=O) groups excluding carboxylic acids is 2. The normalized spacial score (nSPS) is 18.5. The molecule has 0 heterocycles. The second kappa shape index (κ2) is 7.46. The highest BCUT2D eigenvalue weighted by atomic mass is 35.5. The molecule has 130 valence electrons. The van der Waals surface area contributed by atoms with Crippen LogP contribution in [0.15, 0.2) is 48.5 Å². The lowest BCUT2D eigenvalue weighted by Crippen LogP contribution is -2.29. The lowest BCUT2D eigenvalue weighted by molar-refractivity contribution is -0.133. The highest BCUT2D eigenvalue weighted by molar-refractivity contribution is 6.35. The van der Waals surface area contributed by atoms with E-state index in [9.17, 15) is 9.59 Å². The number of benzene rings is 2. The molecule has 2 amide bonds. The summed E-state index contributed by atoms with van der Waals surface area (Å²) in [7, 11) is 1.76. The molecule has 0 saturated heterocycles. The third kappa shape index (κ3) is 4.53. The summed E-state index contributed by atoms with van der Waals surface area (Å²) >= 11 is 11.9. The molecule has 0 aliphatic heterocycles. The molecule has 25 heavy (non-hydrogen) atoms. The van der Waals surface area contributed by atoms with E-state index in [0.717, 1.165) is 5.56 Å². The fourth-order valence-electron chi connectivity index (χ4n) is 2.84. The van der Waals surface area contributed by atoms with Crippen LogP contribution in [0.1, 0.15) is 12.0 Å². The van der Waals surface area contributed by atoms with Crippen LogP contribution >= 0.6 is 23.2 Å². The second-order valence-electron chi connectivity index (χ2n) is 6.28. The van der Waals surface area contributed by atoms with Gasteiger partial charge in [0.1, 0.15) is 0 Å². The minimum Gasteiger partial charge on any atom is -0.341 e. The van der Waals surface area contributed by atoms with Crippen molar-refractivity contribution in [3.05, 3.63) is 64.1 Å². The molecule has 0 radical (unpaired) electrons. The Bertz CT molecular complexity index is 775. The molecule has 0 bridgehead atoms. The van der Waals surface area contributed by atoms with Gasteiger partial charge in [-0.15, -0.1) is 0 Å². The summed E-state index contributed by atoms with van der Waals surface area (Å²) in [6.45, 7) is 0.536. The Balaban J connectivity index is 1.56. The lowest BCUT2D eigenvalue weighted by Gasteiger charge is -2.17. The van der Waals surface area contributed by atoms with E-state index in [-0.39, 0.29) is 23.7 Å². The number of amides is 2. The van der Waals surface area contributed by atoms with Gasteiger partial charge >= 0.3 is 0 Å². The smallest absolute Gasteiger partial charge is 0.228 e. The van der Waals surface area contributed by atoms with Gasteiger partial charge in [-0.3, -0.25) is 9.59 Å². The van der Waals surface area contributed by atoms with Crippen molar-refractivity contribution in [2.75, 3.05) is 12.4 Å². The number of nitrogens with one attached hydrogen (secondary N) is 1. The number of anilines is 1. The zero-order valence-electron chi connectivity index (χ0n) is 13.7. The maximum atomic E-state index is 12.5. The van der Waals surface area contributed by atoms with Gasteiger partial charge in [-0.05, 0) is 30.2 Å². The molecule has 1 N–H and O–H groups in total. The van der Waals surface area contributed by atoms with E-state index in [4.69, 9.17) is 23.2 Å². The third-order valence-electron chi connectivity index (χ3n) is 4.21. The molecule has 4 nitrogen and oxygen atoms in total. The first-order chi connectivity index (χ1) is 11.9. The quantitative estimate of drug-likeness (QED) is 0.848. The summed E-state index contributed by atoms with van der Waals surface area (Å²) < 4.78 is 0. The molecular formula is C19H18Cl2N2O2. The average Bonchev–Trinajstić information content (AvgIpc) is 3.34. The topological polar surface area (TPSA) is 49.4 Å². The first-order valence-electron chi connectivity index (χ1n) is 8.00. The molecule has 3 rings (SSSR count). The fourth-order valence-corrected chi connectivity index (χ4v) is 3.36. The number of halogens is 2. The minimum atomic E-state index is -0.302.